The summed E-state index contributed by atoms with van der Waals surface area (Å²) in [6, 6.07) is 70.7. The molecular formula is C53H35N3O. The number of amidine groups is 2. The lowest BCUT2D eigenvalue weighted by molar-refractivity contribution is 0.667. The Morgan fingerprint density at radius 2 is 0.947 bits per heavy atom. The van der Waals surface area contributed by atoms with E-state index in [1.54, 1.807) is 0 Å². The molecule has 0 spiro atoms. The fourth-order valence-electron chi connectivity index (χ4n) is 8.25. The number of nitrogens with zero attached hydrogens (tertiary/aromatic N) is 2. The molecule has 0 aliphatic carbocycles. The molecule has 10 aromatic rings. The van der Waals surface area contributed by atoms with Crippen molar-refractivity contribution in [3.63, 3.8) is 0 Å². The SMILES string of the molecule is c1ccc(C2=NC(c3cccc4oc5ccc(-c6ccc7ccccc7c6)cc5c34)N=C(c3ccc(-c4ccc5ccccc5c4)c(-c4ccccc4)c3)N2)cc1. The Morgan fingerprint density at radius 3 is 1.68 bits per heavy atom. The van der Waals surface area contributed by atoms with Crippen LogP contribution in [0.3, 0.4) is 0 Å². The van der Waals surface area contributed by atoms with Gasteiger partial charge in [0.05, 0.1) is 0 Å². The van der Waals surface area contributed by atoms with Gasteiger partial charge in [-0.05, 0) is 91.3 Å². The van der Waals surface area contributed by atoms with Gasteiger partial charge in [0.25, 0.3) is 0 Å². The van der Waals surface area contributed by atoms with Crippen molar-refractivity contribution in [2.45, 2.75) is 6.17 Å². The summed E-state index contributed by atoms with van der Waals surface area (Å²) in [6.45, 7) is 0. The number of aliphatic imine (C=N–C) groups is 2. The van der Waals surface area contributed by atoms with E-state index in [2.05, 4.69) is 175 Å². The van der Waals surface area contributed by atoms with Crippen LogP contribution in [-0.4, -0.2) is 11.7 Å². The number of benzene rings is 9. The topological polar surface area (TPSA) is 49.9 Å². The highest BCUT2D eigenvalue weighted by Crippen LogP contribution is 2.40. The first-order valence-electron chi connectivity index (χ1n) is 19.3. The first-order chi connectivity index (χ1) is 28.2. The summed E-state index contributed by atoms with van der Waals surface area (Å²) in [5, 5.41) is 10.6. The maximum atomic E-state index is 6.50. The third-order valence-corrected chi connectivity index (χ3v) is 11.1. The number of hydrogen-bond donors (Lipinski definition) is 1. The van der Waals surface area contributed by atoms with Crippen molar-refractivity contribution in [1.82, 2.24) is 5.32 Å². The van der Waals surface area contributed by atoms with E-state index in [9.17, 15) is 0 Å². The van der Waals surface area contributed by atoms with Gasteiger partial charge in [-0.15, -0.1) is 0 Å². The van der Waals surface area contributed by atoms with E-state index in [1.165, 1.54) is 27.1 Å². The summed E-state index contributed by atoms with van der Waals surface area (Å²) < 4.78 is 6.50. The maximum Gasteiger partial charge on any atom is 0.170 e. The number of fused-ring (bicyclic) bond motifs is 5. The van der Waals surface area contributed by atoms with Crippen molar-refractivity contribution < 1.29 is 4.42 Å². The third kappa shape index (κ3) is 5.96. The van der Waals surface area contributed by atoms with E-state index >= 15 is 0 Å². The minimum atomic E-state index is -0.523. The molecule has 1 N–H and O–H groups in total. The van der Waals surface area contributed by atoms with Crippen LogP contribution in [0.25, 0.3) is 76.9 Å². The van der Waals surface area contributed by atoms with Crippen LogP contribution in [0.2, 0.25) is 0 Å². The monoisotopic (exact) mass is 729 g/mol. The van der Waals surface area contributed by atoms with Gasteiger partial charge < -0.3 is 9.73 Å². The van der Waals surface area contributed by atoms with Crippen molar-refractivity contribution in [3.05, 3.63) is 217 Å². The molecule has 0 saturated carbocycles. The van der Waals surface area contributed by atoms with Crippen molar-refractivity contribution in [2.24, 2.45) is 9.98 Å². The second-order valence-electron chi connectivity index (χ2n) is 14.6. The van der Waals surface area contributed by atoms with Crippen molar-refractivity contribution >= 4 is 55.2 Å². The minimum Gasteiger partial charge on any atom is -0.456 e. The number of nitrogens with one attached hydrogen (secondary N) is 1. The Kier molecular flexibility index (Phi) is 7.85. The molecule has 0 bridgehead atoms. The van der Waals surface area contributed by atoms with E-state index in [1.807, 2.05) is 30.3 Å². The summed E-state index contributed by atoms with van der Waals surface area (Å²) in [7, 11) is 0. The fourth-order valence-corrected chi connectivity index (χ4v) is 8.25. The summed E-state index contributed by atoms with van der Waals surface area (Å²) in [6.07, 6.45) is -0.523. The summed E-state index contributed by atoms with van der Waals surface area (Å²) in [4.78, 5) is 10.7. The van der Waals surface area contributed by atoms with E-state index in [4.69, 9.17) is 14.4 Å². The molecule has 4 heteroatoms. The molecule has 1 aromatic heterocycles. The lowest BCUT2D eigenvalue weighted by Crippen LogP contribution is -2.36. The van der Waals surface area contributed by atoms with Gasteiger partial charge in [0.2, 0.25) is 0 Å². The molecule has 1 unspecified atom stereocenters. The molecule has 0 amide bonds. The van der Waals surface area contributed by atoms with Gasteiger partial charge in [0.1, 0.15) is 22.8 Å². The number of rotatable bonds is 6. The number of furan rings is 1. The second-order valence-corrected chi connectivity index (χ2v) is 14.6. The fraction of sp³-hybridized carbons (Fsp3) is 0.0189. The summed E-state index contributed by atoms with van der Waals surface area (Å²) in [5.41, 5.74) is 11.5. The predicted octanol–water partition coefficient (Wildman–Crippen LogP) is 13.4. The van der Waals surface area contributed by atoms with Crippen LogP contribution < -0.4 is 5.32 Å². The Labute approximate surface area is 330 Å². The van der Waals surface area contributed by atoms with E-state index in [-0.39, 0.29) is 0 Å². The third-order valence-electron chi connectivity index (χ3n) is 11.1. The zero-order chi connectivity index (χ0) is 37.7. The minimum absolute atomic E-state index is 0.523. The molecule has 0 fully saturated rings. The summed E-state index contributed by atoms with van der Waals surface area (Å²) >= 11 is 0. The van der Waals surface area contributed by atoms with Gasteiger partial charge in [0.15, 0.2) is 6.17 Å². The molecule has 2 heterocycles. The molecule has 9 aromatic carbocycles. The van der Waals surface area contributed by atoms with Crippen LogP contribution in [0.1, 0.15) is 22.9 Å². The molecule has 57 heavy (non-hydrogen) atoms. The summed E-state index contributed by atoms with van der Waals surface area (Å²) in [5.74, 6) is 1.53. The average molecular weight is 730 g/mol. The van der Waals surface area contributed by atoms with Gasteiger partial charge in [-0.3, -0.25) is 0 Å². The zero-order valence-corrected chi connectivity index (χ0v) is 30.9. The Hall–Kier alpha value is -7.56. The van der Waals surface area contributed by atoms with E-state index < -0.39 is 6.17 Å². The maximum absolute atomic E-state index is 6.50. The van der Waals surface area contributed by atoms with Crippen LogP contribution in [0, 0.1) is 0 Å². The predicted molar refractivity (Wildman–Crippen MR) is 237 cm³/mol. The smallest absolute Gasteiger partial charge is 0.170 e. The molecule has 1 aliphatic heterocycles. The molecule has 1 atom stereocenters. The molecular weight excluding hydrogens is 695 g/mol. The van der Waals surface area contributed by atoms with Gasteiger partial charge in [-0.25, -0.2) is 9.98 Å². The Bertz CT molecular complexity index is 3210. The standard InChI is InChI=1S/C53H35N3O/c1-3-14-36(15-4-1)46-33-43(26-28-44(46)42-25-23-35-13-8-10-19-39(35)31-42)52-54-51(37-16-5-2-6-17-37)55-53(56-52)45-20-11-21-49-50(45)47-32-41(27-29-48(47)57-49)40-24-22-34-12-7-9-18-38(34)30-40/h1-33,53H,(H,54,55,56). The first-order valence-corrected chi connectivity index (χ1v) is 19.3. The largest absolute Gasteiger partial charge is 0.456 e. The molecule has 1 aliphatic rings. The van der Waals surface area contributed by atoms with Gasteiger partial charge in [-0.2, -0.15) is 0 Å². The second kappa shape index (κ2) is 13.6. The lowest BCUT2D eigenvalue weighted by Gasteiger charge is -2.23. The quantitative estimate of drug-likeness (QED) is 0.185. The van der Waals surface area contributed by atoms with Crippen molar-refractivity contribution in [1.29, 1.82) is 0 Å². The molecule has 4 nitrogen and oxygen atoms in total. The van der Waals surface area contributed by atoms with Crippen LogP contribution in [-0.2, 0) is 0 Å². The van der Waals surface area contributed by atoms with E-state index in [0.29, 0.717) is 0 Å². The molecule has 0 saturated heterocycles. The average Bonchev–Trinajstić information content (AvgIpc) is 3.67. The van der Waals surface area contributed by atoms with Crippen LogP contribution >= 0.6 is 0 Å². The van der Waals surface area contributed by atoms with Gasteiger partial charge in [0, 0.05) is 27.5 Å². The molecule has 11 rings (SSSR count). The van der Waals surface area contributed by atoms with Crippen LogP contribution in [0.15, 0.2) is 215 Å². The highest BCUT2D eigenvalue weighted by molar-refractivity contribution is 6.17. The van der Waals surface area contributed by atoms with Crippen molar-refractivity contribution in [2.75, 3.05) is 0 Å². The zero-order valence-electron chi connectivity index (χ0n) is 30.9. The van der Waals surface area contributed by atoms with Crippen LogP contribution in [0.4, 0.5) is 0 Å². The van der Waals surface area contributed by atoms with Gasteiger partial charge in [-0.1, -0.05) is 164 Å². The molecule has 268 valence electrons. The van der Waals surface area contributed by atoms with Gasteiger partial charge >= 0.3 is 0 Å². The Balaban J connectivity index is 1.07. The van der Waals surface area contributed by atoms with E-state index in [0.717, 1.165) is 78.1 Å². The first kappa shape index (κ1) is 32.8. The lowest BCUT2D eigenvalue weighted by atomic mass is 9.91. The normalized spacial score (nSPS) is 14.1. The highest BCUT2D eigenvalue weighted by atomic mass is 16.3. The Morgan fingerprint density at radius 1 is 0.368 bits per heavy atom. The number of hydrogen-bond acceptors (Lipinski definition) is 4. The molecule has 0 radical (unpaired) electrons. The highest BCUT2D eigenvalue weighted by Gasteiger charge is 2.25. The van der Waals surface area contributed by atoms with Crippen molar-refractivity contribution in [3.8, 4) is 33.4 Å². The van der Waals surface area contributed by atoms with Crippen LogP contribution in [0.5, 0.6) is 0 Å².